The molecule has 6 rings (SSSR count). The van der Waals surface area contributed by atoms with E-state index in [9.17, 15) is 18.8 Å². The highest BCUT2D eigenvalue weighted by Crippen LogP contribution is 2.35. The first kappa shape index (κ1) is 29.8. The molecule has 2 aliphatic rings. The van der Waals surface area contributed by atoms with E-state index in [-0.39, 0.29) is 29.1 Å². The molecule has 1 saturated carbocycles. The van der Waals surface area contributed by atoms with Crippen LogP contribution in [-0.2, 0) is 14.3 Å². The molecule has 12 nitrogen and oxygen atoms in total. The van der Waals surface area contributed by atoms with Crippen molar-refractivity contribution in [3.63, 3.8) is 0 Å². The molecule has 14 heteroatoms. The summed E-state index contributed by atoms with van der Waals surface area (Å²) < 4.78 is 41.3. The Balaban J connectivity index is 1.22. The summed E-state index contributed by atoms with van der Waals surface area (Å²) in [6.45, 7) is 2.68. The van der Waals surface area contributed by atoms with Crippen molar-refractivity contribution in [2.24, 2.45) is 11.8 Å². The van der Waals surface area contributed by atoms with Crippen molar-refractivity contribution in [3.05, 3.63) is 66.4 Å². The zero-order valence-corrected chi connectivity index (χ0v) is 24.4. The van der Waals surface area contributed by atoms with Crippen molar-refractivity contribution in [1.29, 1.82) is 0 Å². The van der Waals surface area contributed by atoms with Gasteiger partial charge in [-0.15, -0.1) is 4.90 Å². The topological polar surface area (TPSA) is 142 Å². The number of hydrogen-bond donors (Lipinski definition) is 3. The third kappa shape index (κ3) is 6.36. The number of carbonyl (C=O) groups is 3. The molecular formula is C31H30F2N7O5+. The molecule has 1 aliphatic heterocycles. The molecule has 4 amide bonds. The van der Waals surface area contributed by atoms with Crippen molar-refractivity contribution < 1.29 is 37.2 Å². The number of hydrogen-bond acceptors (Lipinski definition) is 8. The first-order valence-corrected chi connectivity index (χ1v) is 14.3. The van der Waals surface area contributed by atoms with Gasteiger partial charge in [0, 0.05) is 37.2 Å². The van der Waals surface area contributed by atoms with Gasteiger partial charge < -0.3 is 20.1 Å². The zero-order valence-electron chi connectivity index (χ0n) is 24.4. The molecule has 3 heterocycles. The predicted molar refractivity (Wildman–Crippen MR) is 161 cm³/mol. The van der Waals surface area contributed by atoms with Crippen LogP contribution in [0.1, 0.15) is 19.8 Å². The Kier molecular flexibility index (Phi) is 8.22. The van der Waals surface area contributed by atoms with Crippen molar-refractivity contribution >= 4 is 52.3 Å². The minimum Gasteiger partial charge on any atom is -0.453 e. The lowest BCUT2D eigenvalue weighted by molar-refractivity contribution is -0.428. The van der Waals surface area contributed by atoms with Crippen molar-refractivity contribution in [2.45, 2.75) is 25.8 Å². The van der Waals surface area contributed by atoms with Crippen LogP contribution < -0.4 is 20.3 Å². The minimum atomic E-state index is -1.39. The predicted octanol–water partition coefficient (Wildman–Crippen LogP) is 4.69. The molecular weight excluding hydrogens is 588 g/mol. The van der Waals surface area contributed by atoms with Gasteiger partial charge in [0.25, 0.3) is 0 Å². The minimum absolute atomic E-state index is 0.0731. The van der Waals surface area contributed by atoms with Crippen LogP contribution in [0.2, 0.25) is 0 Å². The van der Waals surface area contributed by atoms with Crippen molar-refractivity contribution in [2.75, 3.05) is 35.8 Å². The third-order valence-corrected chi connectivity index (χ3v) is 7.41. The molecule has 2 atom stereocenters. The smallest absolute Gasteiger partial charge is 0.453 e. The highest BCUT2D eigenvalue weighted by Gasteiger charge is 2.48. The number of carbonyl (C=O) groups excluding carboxylic acids is 3. The molecule has 2 aromatic carbocycles. The fourth-order valence-electron chi connectivity index (χ4n) is 5.03. The number of methoxy groups -OCH3 is 1. The van der Waals surface area contributed by atoms with Gasteiger partial charge in [-0.2, -0.15) is 14.5 Å². The quantitative estimate of drug-likeness (QED) is 0.162. The first-order valence-electron chi connectivity index (χ1n) is 14.3. The van der Waals surface area contributed by atoms with Crippen LogP contribution in [0.4, 0.5) is 30.8 Å². The summed E-state index contributed by atoms with van der Waals surface area (Å²) in [7, 11) is 1.59. The summed E-state index contributed by atoms with van der Waals surface area (Å²) in [5, 5.41) is 13.4. The average molecular weight is 619 g/mol. The van der Waals surface area contributed by atoms with E-state index in [0.29, 0.717) is 35.8 Å². The Labute approximate surface area is 256 Å². The van der Waals surface area contributed by atoms with Crippen LogP contribution in [0.25, 0.3) is 11.0 Å². The van der Waals surface area contributed by atoms with Gasteiger partial charge in [-0.05, 0) is 62.1 Å². The summed E-state index contributed by atoms with van der Waals surface area (Å²) >= 11 is 0. The maximum Gasteiger partial charge on any atom is 0.505 e. The van der Waals surface area contributed by atoms with Crippen LogP contribution in [0, 0.1) is 23.5 Å². The fourth-order valence-corrected chi connectivity index (χ4v) is 5.03. The van der Waals surface area contributed by atoms with E-state index in [1.165, 1.54) is 41.3 Å². The summed E-state index contributed by atoms with van der Waals surface area (Å²) in [4.78, 5) is 45.1. The van der Waals surface area contributed by atoms with E-state index in [1.807, 2.05) is 6.92 Å². The van der Waals surface area contributed by atoms with E-state index < -0.39 is 35.4 Å². The number of nitrogens with one attached hydrogen (secondary N) is 3. The maximum absolute atomic E-state index is 15.3. The standard InChI is InChI=1S/C31H29F2N7O5/c1-17(16-44-2)35-28-26-25(11-12-34-27(26)37-38-28)45-24-10-7-20(13-23(24)33)36-29(41)22-15-39(14-18-3-4-18)31(43)40(30(22)42)21-8-5-19(32)6-9-21/h5-13,15,17-18,22H,3-4,14,16H2,1-2H3,(H2-,34,35,36,37,38,41)/p+1/t17-,22?/m1/s1. The summed E-state index contributed by atoms with van der Waals surface area (Å²) in [6.07, 6.45) is 4.66. The number of aromatic amines is 1. The lowest BCUT2D eigenvalue weighted by Crippen LogP contribution is -2.54. The van der Waals surface area contributed by atoms with Crippen LogP contribution >= 0.6 is 0 Å². The highest BCUT2D eigenvalue weighted by molar-refractivity contribution is 6.28. The SMILES string of the molecule is COC[C@@H](C)Nc1n[nH]c2nccc(Oc3ccc(NC(=O)C4C=[N+](CC5CC5)C(=O)N(c5ccc(F)cc5)C4=O)cc3F)c12. The van der Waals surface area contributed by atoms with Gasteiger partial charge in [-0.1, -0.05) is 0 Å². The Morgan fingerprint density at radius 3 is 2.62 bits per heavy atom. The monoisotopic (exact) mass is 618 g/mol. The van der Waals surface area contributed by atoms with E-state index >= 15 is 4.39 Å². The first-order chi connectivity index (χ1) is 21.7. The molecule has 1 fully saturated rings. The number of benzene rings is 2. The summed E-state index contributed by atoms with van der Waals surface area (Å²) in [5.74, 6) is -3.37. The number of anilines is 3. The average Bonchev–Trinajstić information content (AvgIpc) is 3.74. The second-order valence-electron chi connectivity index (χ2n) is 11.0. The molecule has 2 aromatic heterocycles. The van der Waals surface area contributed by atoms with E-state index in [0.717, 1.165) is 35.9 Å². The number of rotatable bonds is 11. The Hall–Kier alpha value is -5.24. The van der Waals surface area contributed by atoms with E-state index in [2.05, 4.69) is 25.8 Å². The van der Waals surface area contributed by atoms with Crippen LogP contribution in [0.5, 0.6) is 11.5 Å². The van der Waals surface area contributed by atoms with Gasteiger partial charge in [0.15, 0.2) is 28.9 Å². The molecule has 0 radical (unpaired) electrons. The van der Waals surface area contributed by atoms with Crippen LogP contribution in [0.3, 0.4) is 0 Å². The van der Waals surface area contributed by atoms with Crippen LogP contribution in [-0.4, -0.2) is 70.1 Å². The summed E-state index contributed by atoms with van der Waals surface area (Å²) in [5.41, 5.74) is 0.644. The molecule has 4 aromatic rings. The second-order valence-corrected chi connectivity index (χ2v) is 11.0. The number of imide groups is 1. The number of halogens is 2. The van der Waals surface area contributed by atoms with Gasteiger partial charge >= 0.3 is 11.9 Å². The number of aromatic nitrogens is 3. The molecule has 45 heavy (non-hydrogen) atoms. The van der Waals surface area contributed by atoms with Crippen LogP contribution in [0.15, 0.2) is 54.7 Å². The largest absolute Gasteiger partial charge is 0.505 e. The van der Waals surface area contributed by atoms with Crippen molar-refractivity contribution in [1.82, 2.24) is 15.2 Å². The van der Waals surface area contributed by atoms with E-state index in [4.69, 9.17) is 9.47 Å². The number of fused-ring (bicyclic) bond motifs is 1. The maximum atomic E-state index is 15.3. The lowest BCUT2D eigenvalue weighted by Gasteiger charge is -2.23. The van der Waals surface area contributed by atoms with Gasteiger partial charge in [-0.3, -0.25) is 9.89 Å². The number of nitrogens with zero attached hydrogens (tertiary/aromatic N) is 4. The lowest BCUT2D eigenvalue weighted by atomic mass is 10.1. The van der Waals surface area contributed by atoms with Gasteiger partial charge in [0.1, 0.15) is 22.6 Å². The normalized spacial score (nSPS) is 17.3. The van der Waals surface area contributed by atoms with Gasteiger partial charge in [-0.25, -0.2) is 18.6 Å². The fraction of sp³-hybridized carbons (Fsp3) is 0.290. The number of amides is 4. The zero-order chi connectivity index (χ0) is 31.7. The molecule has 0 spiro atoms. The summed E-state index contributed by atoms with van der Waals surface area (Å²) in [6, 6.07) is 9.58. The molecule has 1 unspecified atom stereocenters. The Morgan fingerprint density at radius 1 is 1.13 bits per heavy atom. The number of urea groups is 1. The molecule has 3 N–H and O–H groups in total. The number of pyridine rings is 1. The van der Waals surface area contributed by atoms with Gasteiger partial charge in [0.2, 0.25) is 5.91 Å². The number of ether oxygens (including phenoxy) is 2. The molecule has 232 valence electrons. The molecule has 0 saturated heterocycles. The Morgan fingerprint density at radius 2 is 1.91 bits per heavy atom. The molecule has 1 aliphatic carbocycles. The second kappa shape index (κ2) is 12.4. The Bertz CT molecular complexity index is 1810. The van der Waals surface area contributed by atoms with E-state index in [1.54, 1.807) is 13.2 Å². The molecule has 0 bridgehead atoms. The highest BCUT2D eigenvalue weighted by atomic mass is 19.1. The number of H-pyrrole nitrogens is 1. The third-order valence-electron chi connectivity index (χ3n) is 7.41. The van der Waals surface area contributed by atoms with Gasteiger partial charge in [0.05, 0.1) is 19.4 Å². The van der Waals surface area contributed by atoms with Crippen molar-refractivity contribution in [3.8, 4) is 11.5 Å².